The first kappa shape index (κ1) is 19.3. The number of hydrogen-bond donors (Lipinski definition) is 1. The molecule has 2 atom stereocenters. The van der Waals surface area contributed by atoms with Gasteiger partial charge in [0.2, 0.25) is 0 Å². The Bertz CT molecular complexity index is 786. The summed E-state index contributed by atoms with van der Waals surface area (Å²) in [7, 11) is 0. The van der Waals surface area contributed by atoms with Gasteiger partial charge >= 0.3 is 0 Å². The highest BCUT2D eigenvalue weighted by atomic mass is 35.5. The molecule has 1 heterocycles. The number of nitrogens with zero attached hydrogens (tertiary/aromatic N) is 1. The molecule has 1 N–H and O–H groups in total. The largest absolute Gasteiger partial charge is 0.495 e. The average molecular weight is 376 g/mol. The summed E-state index contributed by atoms with van der Waals surface area (Å²) < 4.78 is 5.56. The van der Waals surface area contributed by atoms with Gasteiger partial charge in [-0.2, -0.15) is 0 Å². The SMILES string of the molecule is C#CCC(c1ccc(Cl)cc1Cl)C(O)(C(=C)OCC)c1cccnc1. The molecule has 0 fully saturated rings. The molecule has 2 rings (SSSR count). The number of hydrogen-bond acceptors (Lipinski definition) is 3. The van der Waals surface area contributed by atoms with Crippen molar-refractivity contribution in [2.75, 3.05) is 6.61 Å². The van der Waals surface area contributed by atoms with E-state index in [2.05, 4.69) is 17.5 Å². The second kappa shape index (κ2) is 8.40. The summed E-state index contributed by atoms with van der Waals surface area (Å²) in [6.45, 7) is 6.11. The summed E-state index contributed by atoms with van der Waals surface area (Å²) in [6.07, 6.45) is 8.99. The van der Waals surface area contributed by atoms with Crippen molar-refractivity contribution in [3.05, 3.63) is 76.2 Å². The topological polar surface area (TPSA) is 42.4 Å². The molecule has 0 aliphatic rings. The molecule has 0 aliphatic carbocycles. The van der Waals surface area contributed by atoms with Crippen LogP contribution in [-0.2, 0) is 10.3 Å². The predicted molar refractivity (Wildman–Crippen MR) is 102 cm³/mol. The highest BCUT2D eigenvalue weighted by molar-refractivity contribution is 6.35. The highest BCUT2D eigenvalue weighted by Crippen LogP contribution is 2.46. The van der Waals surface area contributed by atoms with Gasteiger partial charge in [-0.25, -0.2) is 0 Å². The van der Waals surface area contributed by atoms with Crippen LogP contribution >= 0.6 is 23.2 Å². The van der Waals surface area contributed by atoms with Gasteiger partial charge < -0.3 is 9.84 Å². The molecule has 2 unspecified atom stereocenters. The molecule has 0 bridgehead atoms. The Morgan fingerprint density at radius 3 is 2.76 bits per heavy atom. The van der Waals surface area contributed by atoms with Gasteiger partial charge in [0.25, 0.3) is 0 Å². The molecule has 0 aliphatic heterocycles. The highest BCUT2D eigenvalue weighted by Gasteiger charge is 2.44. The first-order valence-electron chi connectivity index (χ1n) is 7.78. The minimum atomic E-state index is -1.59. The number of ether oxygens (including phenoxy) is 1. The van der Waals surface area contributed by atoms with Crippen molar-refractivity contribution < 1.29 is 9.84 Å². The Balaban J connectivity index is 2.66. The van der Waals surface area contributed by atoms with Gasteiger partial charge in [0.05, 0.1) is 6.61 Å². The minimum absolute atomic E-state index is 0.189. The molecule has 0 saturated carbocycles. The fourth-order valence-corrected chi connectivity index (χ4v) is 3.35. The number of benzene rings is 1. The zero-order valence-corrected chi connectivity index (χ0v) is 15.4. The third-order valence-electron chi connectivity index (χ3n) is 4.01. The second-order valence-corrected chi connectivity index (χ2v) is 6.33. The number of pyridine rings is 1. The lowest BCUT2D eigenvalue weighted by atomic mass is 9.75. The van der Waals surface area contributed by atoms with E-state index in [1.807, 2.05) is 6.92 Å². The summed E-state index contributed by atoms with van der Waals surface area (Å²) in [5, 5.41) is 12.6. The molecule has 2 aromatic rings. The van der Waals surface area contributed by atoms with E-state index in [-0.39, 0.29) is 12.2 Å². The van der Waals surface area contributed by atoms with Gasteiger partial charge in [-0.15, -0.1) is 12.3 Å². The van der Waals surface area contributed by atoms with Gasteiger partial charge in [-0.05, 0) is 30.7 Å². The van der Waals surface area contributed by atoms with Crippen molar-refractivity contribution >= 4 is 23.2 Å². The quantitative estimate of drug-likeness (QED) is 0.550. The van der Waals surface area contributed by atoms with Gasteiger partial charge in [0.1, 0.15) is 5.76 Å². The van der Waals surface area contributed by atoms with Gasteiger partial charge in [0, 0.05) is 40.3 Å². The number of terminal acetylenes is 1. The molecule has 3 nitrogen and oxygen atoms in total. The van der Waals surface area contributed by atoms with E-state index in [4.69, 9.17) is 34.4 Å². The fraction of sp³-hybridized carbons (Fsp3) is 0.250. The van der Waals surface area contributed by atoms with E-state index < -0.39 is 11.5 Å². The van der Waals surface area contributed by atoms with Crippen LogP contribution in [0.3, 0.4) is 0 Å². The van der Waals surface area contributed by atoms with Crippen LogP contribution in [0, 0.1) is 12.3 Å². The second-order valence-electron chi connectivity index (χ2n) is 5.49. The zero-order valence-electron chi connectivity index (χ0n) is 13.9. The van der Waals surface area contributed by atoms with Crippen molar-refractivity contribution in [3.63, 3.8) is 0 Å². The number of halogens is 2. The Morgan fingerprint density at radius 2 is 2.20 bits per heavy atom. The molecular weight excluding hydrogens is 357 g/mol. The monoisotopic (exact) mass is 375 g/mol. The third kappa shape index (κ3) is 3.99. The van der Waals surface area contributed by atoms with Crippen molar-refractivity contribution in [1.29, 1.82) is 0 Å². The average Bonchev–Trinajstić information content (AvgIpc) is 2.60. The number of aliphatic hydroxyl groups is 1. The van der Waals surface area contributed by atoms with Crippen LogP contribution in [0.5, 0.6) is 0 Å². The Kier molecular flexibility index (Phi) is 6.50. The molecule has 25 heavy (non-hydrogen) atoms. The first-order chi connectivity index (χ1) is 11.9. The van der Waals surface area contributed by atoms with Crippen molar-refractivity contribution in [2.45, 2.75) is 24.9 Å². The molecule has 1 aromatic heterocycles. The van der Waals surface area contributed by atoms with Crippen molar-refractivity contribution in [1.82, 2.24) is 4.98 Å². The van der Waals surface area contributed by atoms with Gasteiger partial charge in [-0.1, -0.05) is 41.9 Å². The zero-order chi connectivity index (χ0) is 18.4. The standard InChI is InChI=1S/C20H19Cl2NO2/c1-4-7-18(17-10-9-16(21)12-19(17)22)20(24,14(3)25-5-2)15-8-6-11-23-13-15/h1,6,8-13,18,24H,3,5,7H2,2H3. The Labute approximate surface area is 158 Å². The summed E-state index contributed by atoms with van der Waals surface area (Å²) in [4.78, 5) is 4.10. The lowest BCUT2D eigenvalue weighted by Crippen LogP contribution is -2.37. The summed E-state index contributed by atoms with van der Waals surface area (Å²) in [5.74, 6) is 2.22. The van der Waals surface area contributed by atoms with E-state index in [9.17, 15) is 5.11 Å². The maximum absolute atomic E-state index is 11.7. The minimum Gasteiger partial charge on any atom is -0.495 e. The van der Waals surface area contributed by atoms with E-state index in [0.29, 0.717) is 27.8 Å². The Morgan fingerprint density at radius 1 is 1.44 bits per heavy atom. The summed E-state index contributed by atoms with van der Waals surface area (Å²) in [5.41, 5.74) is -0.398. The normalized spacial score (nSPS) is 14.2. The van der Waals surface area contributed by atoms with E-state index >= 15 is 0 Å². The van der Waals surface area contributed by atoms with Gasteiger partial charge in [-0.3, -0.25) is 4.98 Å². The molecule has 0 amide bonds. The molecule has 0 radical (unpaired) electrons. The smallest absolute Gasteiger partial charge is 0.155 e. The lowest BCUT2D eigenvalue weighted by Gasteiger charge is -2.37. The lowest BCUT2D eigenvalue weighted by molar-refractivity contribution is -0.0125. The van der Waals surface area contributed by atoms with E-state index in [1.54, 1.807) is 42.7 Å². The van der Waals surface area contributed by atoms with Crippen molar-refractivity contribution in [3.8, 4) is 12.3 Å². The molecular formula is C20H19Cl2NO2. The van der Waals surface area contributed by atoms with E-state index in [1.165, 1.54) is 0 Å². The number of aromatic nitrogens is 1. The first-order valence-corrected chi connectivity index (χ1v) is 8.54. The van der Waals surface area contributed by atoms with Crippen LogP contribution in [0.4, 0.5) is 0 Å². The molecule has 130 valence electrons. The summed E-state index contributed by atoms with van der Waals surface area (Å²) in [6, 6.07) is 8.57. The summed E-state index contributed by atoms with van der Waals surface area (Å²) >= 11 is 12.4. The van der Waals surface area contributed by atoms with Crippen LogP contribution in [-0.4, -0.2) is 16.7 Å². The third-order valence-corrected chi connectivity index (χ3v) is 4.57. The Hall–Kier alpha value is -1.99. The molecule has 0 spiro atoms. The maximum Gasteiger partial charge on any atom is 0.155 e. The van der Waals surface area contributed by atoms with E-state index in [0.717, 1.165) is 0 Å². The molecule has 5 heteroatoms. The fourth-order valence-electron chi connectivity index (χ4n) is 2.81. The number of rotatable bonds is 7. The van der Waals surface area contributed by atoms with Crippen LogP contribution in [0.25, 0.3) is 0 Å². The van der Waals surface area contributed by atoms with Crippen LogP contribution in [0.2, 0.25) is 10.0 Å². The van der Waals surface area contributed by atoms with Gasteiger partial charge in [0.15, 0.2) is 5.60 Å². The van der Waals surface area contributed by atoms with Crippen LogP contribution in [0.15, 0.2) is 55.1 Å². The molecule has 0 saturated heterocycles. The van der Waals surface area contributed by atoms with Crippen molar-refractivity contribution in [2.24, 2.45) is 0 Å². The maximum atomic E-state index is 11.7. The molecule has 1 aromatic carbocycles. The predicted octanol–water partition coefficient (Wildman–Crippen LogP) is 4.93. The van der Waals surface area contributed by atoms with Crippen LogP contribution in [0.1, 0.15) is 30.4 Å². The van der Waals surface area contributed by atoms with Crippen LogP contribution < -0.4 is 0 Å².